The summed E-state index contributed by atoms with van der Waals surface area (Å²) in [6.07, 6.45) is 5.52. The molecule has 17 heavy (non-hydrogen) atoms. The number of hydrogen-bond donors (Lipinski definition) is 2. The minimum absolute atomic E-state index is 0.0781. The van der Waals surface area contributed by atoms with Crippen molar-refractivity contribution in [3.63, 3.8) is 0 Å². The Hall–Kier alpha value is -0.130. The molecule has 4 nitrogen and oxygen atoms in total. The van der Waals surface area contributed by atoms with Crippen LogP contribution in [0.3, 0.4) is 0 Å². The molecular formula is C12H25NO3S. The average molecular weight is 263 g/mol. The lowest BCUT2D eigenvalue weighted by Gasteiger charge is -2.21. The molecule has 0 amide bonds. The molecule has 5 heteroatoms. The molecule has 1 aliphatic carbocycles. The summed E-state index contributed by atoms with van der Waals surface area (Å²) in [5, 5.41) is 13.1. The summed E-state index contributed by atoms with van der Waals surface area (Å²) in [5.74, 6) is 0.450. The van der Waals surface area contributed by atoms with E-state index in [1.54, 1.807) is 0 Å². The standard InChI is InChI=1S/C12H25NO3S/c1-2-9-17(15,16)10-8-13-11-6-4-3-5-7-12(11)14/h11-14H,2-10H2,1H3. The number of aliphatic hydroxyl groups excluding tert-OH is 1. The third-order valence-electron chi connectivity index (χ3n) is 3.31. The van der Waals surface area contributed by atoms with E-state index >= 15 is 0 Å². The third-order valence-corrected chi connectivity index (χ3v) is 5.17. The predicted octanol–water partition coefficient (Wildman–Crippen LogP) is 1.09. The fourth-order valence-corrected chi connectivity index (χ4v) is 3.59. The Morgan fingerprint density at radius 2 is 1.88 bits per heavy atom. The van der Waals surface area contributed by atoms with Crippen LogP contribution in [0.15, 0.2) is 0 Å². The van der Waals surface area contributed by atoms with Crippen LogP contribution >= 0.6 is 0 Å². The summed E-state index contributed by atoms with van der Waals surface area (Å²) in [6.45, 7) is 2.34. The molecule has 102 valence electrons. The lowest BCUT2D eigenvalue weighted by atomic mass is 10.1. The number of nitrogens with one attached hydrogen (secondary N) is 1. The quantitative estimate of drug-likeness (QED) is 0.704. The Morgan fingerprint density at radius 3 is 2.59 bits per heavy atom. The van der Waals surface area contributed by atoms with Gasteiger partial charge in [-0.25, -0.2) is 8.42 Å². The number of sulfone groups is 1. The van der Waals surface area contributed by atoms with Gasteiger partial charge in [-0.15, -0.1) is 0 Å². The van der Waals surface area contributed by atoms with Crippen molar-refractivity contribution in [1.29, 1.82) is 0 Å². The van der Waals surface area contributed by atoms with E-state index < -0.39 is 9.84 Å². The van der Waals surface area contributed by atoms with Gasteiger partial charge in [0.15, 0.2) is 9.84 Å². The first-order valence-corrected chi connectivity index (χ1v) is 8.49. The van der Waals surface area contributed by atoms with E-state index in [0.717, 1.165) is 25.7 Å². The van der Waals surface area contributed by atoms with Gasteiger partial charge in [-0.1, -0.05) is 26.2 Å². The second kappa shape index (κ2) is 7.34. The molecule has 0 aliphatic heterocycles. The van der Waals surface area contributed by atoms with Crippen molar-refractivity contribution in [1.82, 2.24) is 5.32 Å². The second-order valence-electron chi connectivity index (χ2n) is 4.92. The molecule has 0 aromatic carbocycles. The first-order valence-electron chi connectivity index (χ1n) is 6.67. The van der Waals surface area contributed by atoms with Crippen LogP contribution in [0.4, 0.5) is 0 Å². The molecule has 1 aliphatic rings. The number of rotatable bonds is 6. The maximum atomic E-state index is 11.5. The van der Waals surface area contributed by atoms with E-state index in [2.05, 4.69) is 5.32 Å². The van der Waals surface area contributed by atoms with Crippen molar-refractivity contribution in [3.8, 4) is 0 Å². The minimum atomic E-state index is -2.90. The fraction of sp³-hybridized carbons (Fsp3) is 1.00. The number of aliphatic hydroxyl groups is 1. The molecule has 1 saturated carbocycles. The number of hydrogen-bond acceptors (Lipinski definition) is 4. The average Bonchev–Trinajstić information content (AvgIpc) is 2.44. The molecule has 0 bridgehead atoms. The highest BCUT2D eigenvalue weighted by atomic mass is 32.2. The summed E-state index contributed by atoms with van der Waals surface area (Å²) in [5.41, 5.74) is 0. The second-order valence-corrected chi connectivity index (χ2v) is 7.22. The zero-order valence-electron chi connectivity index (χ0n) is 10.7. The smallest absolute Gasteiger partial charge is 0.151 e. The molecule has 1 rings (SSSR count). The summed E-state index contributed by atoms with van der Waals surface area (Å²) >= 11 is 0. The Morgan fingerprint density at radius 1 is 1.18 bits per heavy atom. The van der Waals surface area contributed by atoms with Crippen molar-refractivity contribution in [3.05, 3.63) is 0 Å². The van der Waals surface area contributed by atoms with Crippen LogP contribution in [-0.4, -0.2) is 43.7 Å². The maximum Gasteiger partial charge on any atom is 0.151 e. The highest BCUT2D eigenvalue weighted by Crippen LogP contribution is 2.17. The lowest BCUT2D eigenvalue weighted by molar-refractivity contribution is 0.121. The highest BCUT2D eigenvalue weighted by molar-refractivity contribution is 7.91. The Balaban J connectivity index is 2.29. The first-order chi connectivity index (χ1) is 8.05. The van der Waals surface area contributed by atoms with Crippen molar-refractivity contribution >= 4 is 9.84 Å². The minimum Gasteiger partial charge on any atom is -0.392 e. The van der Waals surface area contributed by atoms with E-state index in [1.165, 1.54) is 6.42 Å². The van der Waals surface area contributed by atoms with E-state index in [0.29, 0.717) is 13.0 Å². The molecule has 0 aromatic heterocycles. The molecule has 2 N–H and O–H groups in total. The molecule has 0 radical (unpaired) electrons. The van der Waals surface area contributed by atoms with E-state index in [9.17, 15) is 13.5 Å². The fourth-order valence-electron chi connectivity index (χ4n) is 2.34. The maximum absolute atomic E-state index is 11.5. The van der Waals surface area contributed by atoms with E-state index in [4.69, 9.17) is 0 Å². The van der Waals surface area contributed by atoms with Crippen molar-refractivity contribution in [2.45, 2.75) is 57.6 Å². The van der Waals surface area contributed by atoms with Crippen molar-refractivity contribution in [2.75, 3.05) is 18.1 Å². The van der Waals surface area contributed by atoms with Crippen molar-refractivity contribution < 1.29 is 13.5 Å². The predicted molar refractivity (Wildman–Crippen MR) is 69.8 cm³/mol. The summed E-state index contributed by atoms with van der Waals surface area (Å²) in [7, 11) is -2.90. The van der Waals surface area contributed by atoms with Gasteiger partial charge in [-0.3, -0.25) is 0 Å². The van der Waals surface area contributed by atoms with Crippen LogP contribution < -0.4 is 5.32 Å². The molecule has 0 aromatic rings. The van der Waals surface area contributed by atoms with Gasteiger partial charge in [0.1, 0.15) is 0 Å². The van der Waals surface area contributed by atoms with Gasteiger partial charge < -0.3 is 10.4 Å². The SMILES string of the molecule is CCCS(=O)(=O)CCNC1CCCCCC1O. The van der Waals surface area contributed by atoms with Crippen LogP contribution in [0.1, 0.15) is 45.4 Å². The largest absolute Gasteiger partial charge is 0.392 e. The molecule has 0 spiro atoms. The summed E-state index contributed by atoms with van der Waals surface area (Å²) in [4.78, 5) is 0. The zero-order chi connectivity index (χ0) is 12.7. The van der Waals surface area contributed by atoms with Crippen LogP contribution in [0, 0.1) is 0 Å². The highest BCUT2D eigenvalue weighted by Gasteiger charge is 2.21. The van der Waals surface area contributed by atoms with Gasteiger partial charge in [0.05, 0.1) is 11.9 Å². The Kier molecular flexibility index (Phi) is 6.44. The monoisotopic (exact) mass is 263 g/mol. The Labute approximate surface area is 105 Å². The molecule has 2 atom stereocenters. The lowest BCUT2D eigenvalue weighted by Crippen LogP contribution is -2.41. The molecular weight excluding hydrogens is 238 g/mol. The van der Waals surface area contributed by atoms with Gasteiger partial charge in [0.2, 0.25) is 0 Å². The van der Waals surface area contributed by atoms with Crippen LogP contribution in [0.5, 0.6) is 0 Å². The first kappa shape index (κ1) is 14.9. The molecule has 0 heterocycles. The van der Waals surface area contributed by atoms with Crippen LogP contribution in [0.25, 0.3) is 0 Å². The topological polar surface area (TPSA) is 66.4 Å². The normalized spacial score (nSPS) is 26.7. The molecule has 2 unspecified atom stereocenters. The van der Waals surface area contributed by atoms with E-state index in [1.807, 2.05) is 6.92 Å². The zero-order valence-corrected chi connectivity index (χ0v) is 11.5. The summed E-state index contributed by atoms with van der Waals surface area (Å²) in [6, 6.07) is 0.0781. The summed E-state index contributed by atoms with van der Waals surface area (Å²) < 4.78 is 23.0. The van der Waals surface area contributed by atoms with Crippen molar-refractivity contribution in [2.24, 2.45) is 0 Å². The molecule has 1 fully saturated rings. The van der Waals surface area contributed by atoms with Crippen LogP contribution in [-0.2, 0) is 9.84 Å². The van der Waals surface area contributed by atoms with Gasteiger partial charge in [0.25, 0.3) is 0 Å². The van der Waals surface area contributed by atoms with Gasteiger partial charge in [-0.05, 0) is 19.3 Å². The van der Waals surface area contributed by atoms with Gasteiger partial charge in [-0.2, -0.15) is 0 Å². The Bertz CT molecular complexity index is 303. The molecule has 0 saturated heterocycles. The van der Waals surface area contributed by atoms with Gasteiger partial charge >= 0.3 is 0 Å². The van der Waals surface area contributed by atoms with E-state index in [-0.39, 0.29) is 23.7 Å². The third kappa shape index (κ3) is 5.84. The van der Waals surface area contributed by atoms with Crippen LogP contribution in [0.2, 0.25) is 0 Å². The van der Waals surface area contributed by atoms with Gasteiger partial charge in [0, 0.05) is 18.3 Å².